The first-order chi connectivity index (χ1) is 17.9. The molecule has 0 aliphatic carbocycles. The number of rotatable bonds is 8. The van der Waals surface area contributed by atoms with Crippen molar-refractivity contribution in [3.8, 4) is 5.75 Å². The molecule has 10 heteroatoms. The van der Waals surface area contributed by atoms with Gasteiger partial charge in [-0.15, -0.1) is 0 Å². The van der Waals surface area contributed by atoms with E-state index in [1.807, 2.05) is 6.07 Å². The van der Waals surface area contributed by atoms with E-state index in [2.05, 4.69) is 15.0 Å². The zero-order valence-corrected chi connectivity index (χ0v) is 21.5. The molecular formula is C27H30N4O5S. The molecule has 1 aliphatic heterocycles. The number of nitrogens with zero attached hydrogens (tertiary/aromatic N) is 2. The zero-order valence-electron chi connectivity index (χ0n) is 20.6. The molecule has 1 saturated heterocycles. The number of anilines is 1. The van der Waals surface area contributed by atoms with Crippen molar-refractivity contribution < 1.29 is 22.7 Å². The minimum Gasteiger partial charge on any atom is -0.496 e. The third-order valence-electron chi connectivity index (χ3n) is 6.20. The van der Waals surface area contributed by atoms with E-state index >= 15 is 0 Å². The SMILES string of the molecule is COc1ccc(S(=O)(=O)Nc2ccccc2C(=O)NCc2cccnc2)cc1C(=O)N1CCCCCC1. The number of carbonyl (C=O) groups excluding carboxylic acids is 2. The molecule has 9 nitrogen and oxygen atoms in total. The van der Waals surface area contributed by atoms with Crippen LogP contribution >= 0.6 is 0 Å². The summed E-state index contributed by atoms with van der Waals surface area (Å²) in [5.41, 5.74) is 1.30. The highest BCUT2D eigenvalue weighted by Crippen LogP contribution is 2.27. The van der Waals surface area contributed by atoms with Crippen molar-refractivity contribution in [2.24, 2.45) is 0 Å². The Labute approximate surface area is 216 Å². The molecule has 0 unspecified atom stereocenters. The van der Waals surface area contributed by atoms with Crippen LogP contribution < -0.4 is 14.8 Å². The maximum absolute atomic E-state index is 13.3. The minimum atomic E-state index is -4.12. The molecule has 2 heterocycles. The molecule has 2 amide bonds. The molecule has 0 spiro atoms. The van der Waals surface area contributed by atoms with E-state index in [0.29, 0.717) is 18.8 Å². The predicted molar refractivity (Wildman–Crippen MR) is 140 cm³/mol. The second kappa shape index (κ2) is 11.9. The number of hydrogen-bond donors (Lipinski definition) is 2. The van der Waals surface area contributed by atoms with E-state index in [1.165, 1.54) is 31.4 Å². The van der Waals surface area contributed by atoms with Crippen molar-refractivity contribution in [3.63, 3.8) is 0 Å². The van der Waals surface area contributed by atoms with Gasteiger partial charge in [0.05, 0.1) is 28.8 Å². The van der Waals surface area contributed by atoms with Crippen LogP contribution in [0.25, 0.3) is 0 Å². The molecular weight excluding hydrogens is 492 g/mol. The second-order valence-corrected chi connectivity index (χ2v) is 10.4. The standard InChI is InChI=1S/C27H30N4O5S/c1-36-25-13-12-21(17-23(25)27(33)31-15-6-2-3-7-16-31)37(34,35)30-24-11-5-4-10-22(24)26(32)29-19-20-9-8-14-28-18-20/h4-5,8-14,17-18,30H,2-3,6-7,15-16,19H2,1H3,(H,29,32). The number of para-hydroxylation sites is 1. The van der Waals surface area contributed by atoms with Crippen LogP contribution in [0, 0.1) is 0 Å². The van der Waals surface area contributed by atoms with Gasteiger partial charge in [-0.1, -0.05) is 31.0 Å². The summed E-state index contributed by atoms with van der Waals surface area (Å²) in [6.07, 6.45) is 7.23. The van der Waals surface area contributed by atoms with Gasteiger partial charge in [0.2, 0.25) is 0 Å². The monoisotopic (exact) mass is 522 g/mol. The highest BCUT2D eigenvalue weighted by Gasteiger charge is 2.25. The Kier molecular flexibility index (Phi) is 8.39. The fourth-order valence-electron chi connectivity index (χ4n) is 4.22. The Hall–Kier alpha value is -3.92. The van der Waals surface area contributed by atoms with Crippen LogP contribution in [-0.4, -0.2) is 50.3 Å². The summed E-state index contributed by atoms with van der Waals surface area (Å²) in [5.74, 6) is -0.386. The number of hydrogen-bond acceptors (Lipinski definition) is 6. The van der Waals surface area contributed by atoms with E-state index in [-0.39, 0.29) is 34.2 Å². The fraction of sp³-hybridized carbons (Fsp3) is 0.296. The van der Waals surface area contributed by atoms with Gasteiger partial charge in [-0.2, -0.15) is 0 Å². The summed E-state index contributed by atoms with van der Waals surface area (Å²) in [6, 6.07) is 14.1. The van der Waals surface area contributed by atoms with Crippen LogP contribution in [0.3, 0.4) is 0 Å². The molecule has 0 saturated carbocycles. The molecule has 4 rings (SSSR count). The van der Waals surface area contributed by atoms with Crippen molar-refractivity contribution in [2.45, 2.75) is 37.1 Å². The van der Waals surface area contributed by atoms with E-state index in [0.717, 1.165) is 31.2 Å². The first kappa shape index (κ1) is 26.2. The Morgan fingerprint density at radius 1 is 0.973 bits per heavy atom. The number of ether oxygens (including phenoxy) is 1. The molecule has 0 atom stereocenters. The van der Waals surface area contributed by atoms with E-state index in [1.54, 1.807) is 41.6 Å². The number of likely N-dealkylation sites (tertiary alicyclic amines) is 1. The van der Waals surface area contributed by atoms with Gasteiger partial charge in [0, 0.05) is 32.0 Å². The molecule has 2 N–H and O–H groups in total. The smallest absolute Gasteiger partial charge is 0.261 e. The second-order valence-electron chi connectivity index (χ2n) is 8.76. The summed E-state index contributed by atoms with van der Waals surface area (Å²) >= 11 is 0. The number of amides is 2. The maximum atomic E-state index is 13.3. The number of nitrogens with one attached hydrogen (secondary N) is 2. The average Bonchev–Trinajstić information content (AvgIpc) is 3.21. The Morgan fingerprint density at radius 2 is 1.73 bits per heavy atom. The number of aromatic nitrogens is 1. The summed E-state index contributed by atoms with van der Waals surface area (Å²) in [6.45, 7) is 1.49. The normalized spacial score (nSPS) is 13.9. The number of methoxy groups -OCH3 is 1. The van der Waals surface area contributed by atoms with E-state index < -0.39 is 15.9 Å². The van der Waals surface area contributed by atoms with Crippen LogP contribution in [-0.2, 0) is 16.6 Å². The fourth-order valence-corrected chi connectivity index (χ4v) is 5.33. The highest BCUT2D eigenvalue weighted by molar-refractivity contribution is 7.92. The first-order valence-corrected chi connectivity index (χ1v) is 13.6. The van der Waals surface area contributed by atoms with Crippen LogP contribution in [0.5, 0.6) is 5.75 Å². The van der Waals surface area contributed by atoms with E-state index in [4.69, 9.17) is 4.74 Å². The summed E-state index contributed by atoms with van der Waals surface area (Å²) in [7, 11) is -2.68. The molecule has 1 aliphatic rings. The summed E-state index contributed by atoms with van der Waals surface area (Å²) < 4.78 is 34.6. The van der Waals surface area contributed by atoms with Crippen LogP contribution in [0.1, 0.15) is 52.0 Å². The third-order valence-corrected chi connectivity index (χ3v) is 7.56. The topological polar surface area (TPSA) is 118 Å². The molecule has 194 valence electrons. The van der Waals surface area contributed by atoms with Gasteiger partial charge in [0.15, 0.2) is 0 Å². The molecule has 0 bridgehead atoms. The molecule has 3 aromatic rings. The van der Waals surface area contributed by atoms with Crippen LogP contribution in [0.2, 0.25) is 0 Å². The van der Waals surface area contributed by atoms with Crippen molar-refractivity contribution in [3.05, 3.63) is 83.7 Å². The van der Waals surface area contributed by atoms with Gasteiger partial charge in [-0.25, -0.2) is 8.42 Å². The maximum Gasteiger partial charge on any atom is 0.261 e. The Bertz CT molecular complexity index is 1350. The third kappa shape index (κ3) is 6.45. The zero-order chi connectivity index (χ0) is 26.3. The highest BCUT2D eigenvalue weighted by atomic mass is 32.2. The van der Waals surface area contributed by atoms with Gasteiger partial charge < -0.3 is 15.0 Å². The summed E-state index contributed by atoms with van der Waals surface area (Å²) in [4.78, 5) is 31.8. The molecule has 1 aromatic heterocycles. The van der Waals surface area contributed by atoms with Crippen LogP contribution in [0.4, 0.5) is 5.69 Å². The lowest BCUT2D eigenvalue weighted by Crippen LogP contribution is -2.32. The van der Waals surface area contributed by atoms with Gasteiger partial charge in [-0.05, 0) is 54.8 Å². The van der Waals surface area contributed by atoms with Gasteiger partial charge >= 0.3 is 0 Å². The minimum absolute atomic E-state index is 0.1000. The quantitative estimate of drug-likeness (QED) is 0.464. The predicted octanol–water partition coefficient (Wildman–Crippen LogP) is 3.84. The lowest BCUT2D eigenvalue weighted by atomic mass is 10.1. The van der Waals surface area contributed by atoms with Gasteiger partial charge in [-0.3, -0.25) is 19.3 Å². The molecule has 1 fully saturated rings. The summed E-state index contributed by atoms with van der Waals surface area (Å²) in [5, 5.41) is 2.78. The van der Waals surface area contributed by atoms with Crippen molar-refractivity contribution in [1.29, 1.82) is 0 Å². The number of pyridine rings is 1. The number of sulfonamides is 1. The lowest BCUT2D eigenvalue weighted by molar-refractivity contribution is 0.0757. The Balaban J connectivity index is 1.57. The average molecular weight is 523 g/mol. The van der Waals surface area contributed by atoms with Crippen LogP contribution in [0.15, 0.2) is 71.9 Å². The van der Waals surface area contributed by atoms with Crippen molar-refractivity contribution in [2.75, 3.05) is 24.9 Å². The van der Waals surface area contributed by atoms with Gasteiger partial charge in [0.1, 0.15) is 5.75 Å². The molecule has 2 aromatic carbocycles. The Morgan fingerprint density at radius 3 is 2.43 bits per heavy atom. The van der Waals surface area contributed by atoms with E-state index in [9.17, 15) is 18.0 Å². The largest absolute Gasteiger partial charge is 0.496 e. The van der Waals surface area contributed by atoms with Gasteiger partial charge in [0.25, 0.3) is 21.8 Å². The van der Waals surface area contributed by atoms with Crippen molar-refractivity contribution >= 4 is 27.5 Å². The first-order valence-electron chi connectivity index (χ1n) is 12.2. The van der Waals surface area contributed by atoms with Crippen molar-refractivity contribution in [1.82, 2.24) is 15.2 Å². The molecule has 37 heavy (non-hydrogen) atoms. The number of benzene rings is 2. The number of carbonyl (C=O) groups is 2. The molecule has 0 radical (unpaired) electrons. The lowest BCUT2D eigenvalue weighted by Gasteiger charge is -2.22.